The van der Waals surface area contributed by atoms with Gasteiger partial charge in [0.15, 0.2) is 4.80 Å². The number of allylic oxidation sites excluding steroid dienone is 1. The Hall–Kier alpha value is -3.84. The highest BCUT2D eigenvalue weighted by atomic mass is 35.5. The minimum Gasteiger partial charge on any atom is -0.497 e. The number of rotatable bonds is 4. The second kappa shape index (κ2) is 9.97. The van der Waals surface area contributed by atoms with E-state index in [1.807, 2.05) is 47.0 Å². The van der Waals surface area contributed by atoms with Crippen molar-refractivity contribution in [2.45, 2.75) is 18.9 Å². The first kappa shape index (κ1) is 25.1. The van der Waals surface area contributed by atoms with Crippen molar-refractivity contribution in [2.24, 2.45) is 4.99 Å². The molecule has 0 amide bonds. The third-order valence-electron chi connectivity index (χ3n) is 7.40. The van der Waals surface area contributed by atoms with Gasteiger partial charge in [-0.3, -0.25) is 9.36 Å². The van der Waals surface area contributed by atoms with E-state index in [0.717, 1.165) is 41.0 Å². The number of aromatic nitrogens is 1. The van der Waals surface area contributed by atoms with Crippen LogP contribution >= 0.6 is 34.5 Å². The first-order chi connectivity index (χ1) is 19.5. The smallest absolute Gasteiger partial charge is 0.271 e. The van der Waals surface area contributed by atoms with Gasteiger partial charge in [0, 0.05) is 22.2 Å². The summed E-state index contributed by atoms with van der Waals surface area (Å²) in [6.45, 7) is 0. The number of nitrogens with zero attached hydrogens (tertiary/aromatic N) is 2. The summed E-state index contributed by atoms with van der Waals surface area (Å²) in [4.78, 5) is 19.7. The average molecular weight is 586 g/mol. The Kier molecular flexibility index (Phi) is 6.27. The van der Waals surface area contributed by atoms with E-state index in [0.29, 0.717) is 36.5 Å². The van der Waals surface area contributed by atoms with Gasteiger partial charge in [-0.2, -0.15) is 0 Å². The Balaban J connectivity index is 1.39. The number of halogens is 2. The molecule has 5 aromatic rings. The molecule has 1 aliphatic carbocycles. The fourth-order valence-electron chi connectivity index (χ4n) is 5.50. The summed E-state index contributed by atoms with van der Waals surface area (Å²) in [5.74, 6) is 1.90. The lowest BCUT2D eigenvalue weighted by Gasteiger charge is -2.30. The zero-order chi connectivity index (χ0) is 27.4. The van der Waals surface area contributed by atoms with E-state index < -0.39 is 0 Å². The third kappa shape index (κ3) is 4.24. The van der Waals surface area contributed by atoms with Gasteiger partial charge in [0.1, 0.15) is 17.3 Å². The van der Waals surface area contributed by atoms with Gasteiger partial charge in [-0.05, 0) is 72.0 Å². The van der Waals surface area contributed by atoms with Crippen LogP contribution in [0.4, 0.5) is 0 Å². The van der Waals surface area contributed by atoms with Crippen molar-refractivity contribution < 1.29 is 9.15 Å². The predicted molar refractivity (Wildman–Crippen MR) is 160 cm³/mol. The number of aryl methyl sites for hydroxylation is 1. The standard InChI is InChI=1S/C32H22Cl2N2O3S/c1-38-21-10-6-19(7-11-21)30-24-13-8-18-4-2-3-5-23(18)29(24)35-32-36(30)31(37)28(40-32)17-22-12-15-27(39-22)25-16-20(33)9-14-26(25)34/h2-7,9-12,14-17,30H,8,13H2,1H3/b28-17+/t30-/m1/s1. The Morgan fingerprint density at radius 2 is 1.82 bits per heavy atom. The second-order valence-electron chi connectivity index (χ2n) is 9.71. The molecule has 0 unspecified atom stereocenters. The van der Waals surface area contributed by atoms with Crippen LogP contribution in [0.5, 0.6) is 5.75 Å². The van der Waals surface area contributed by atoms with Crippen LogP contribution in [-0.2, 0) is 6.42 Å². The number of benzene rings is 3. The third-order valence-corrected chi connectivity index (χ3v) is 8.95. The topological polar surface area (TPSA) is 56.7 Å². The Morgan fingerprint density at radius 1 is 1.00 bits per heavy atom. The minimum absolute atomic E-state index is 0.103. The lowest BCUT2D eigenvalue weighted by molar-refractivity contribution is 0.414. The van der Waals surface area contributed by atoms with E-state index in [9.17, 15) is 4.79 Å². The summed E-state index contributed by atoms with van der Waals surface area (Å²) in [5, 5.41) is 1.10. The number of thiazole rings is 1. The maximum absolute atomic E-state index is 14.0. The highest BCUT2D eigenvalue weighted by Crippen LogP contribution is 2.41. The van der Waals surface area contributed by atoms with Gasteiger partial charge in [0.25, 0.3) is 5.56 Å². The molecular weight excluding hydrogens is 563 g/mol. The molecule has 0 N–H and O–H groups in total. The number of ether oxygens (including phenoxy) is 1. The van der Waals surface area contributed by atoms with E-state index in [1.165, 1.54) is 16.9 Å². The van der Waals surface area contributed by atoms with E-state index in [1.54, 1.807) is 31.4 Å². The molecule has 5 nitrogen and oxygen atoms in total. The number of methoxy groups -OCH3 is 1. The SMILES string of the molecule is COc1ccc([C@@H]2C3=C(N=c4s/c(=C/c5ccc(-c6cc(Cl)ccc6Cl)o5)c(=O)n42)c2ccccc2CC3)cc1. The van der Waals surface area contributed by atoms with E-state index in [2.05, 4.69) is 18.2 Å². The van der Waals surface area contributed by atoms with Crippen LogP contribution in [-0.4, -0.2) is 11.7 Å². The zero-order valence-corrected chi connectivity index (χ0v) is 23.7. The number of hydrogen-bond donors (Lipinski definition) is 0. The molecule has 7 rings (SSSR count). The monoisotopic (exact) mass is 584 g/mol. The van der Waals surface area contributed by atoms with Gasteiger partial charge >= 0.3 is 0 Å². The maximum Gasteiger partial charge on any atom is 0.271 e. The molecule has 0 fully saturated rings. The van der Waals surface area contributed by atoms with Crippen molar-refractivity contribution in [1.82, 2.24) is 4.57 Å². The van der Waals surface area contributed by atoms with Crippen molar-refractivity contribution in [3.8, 4) is 17.1 Å². The minimum atomic E-state index is -0.259. The van der Waals surface area contributed by atoms with Crippen LogP contribution in [0.1, 0.15) is 34.9 Å². The van der Waals surface area contributed by atoms with Crippen molar-refractivity contribution in [2.75, 3.05) is 7.11 Å². The van der Waals surface area contributed by atoms with E-state index in [4.69, 9.17) is 37.3 Å². The van der Waals surface area contributed by atoms with Gasteiger partial charge in [0.05, 0.1) is 28.4 Å². The summed E-state index contributed by atoms with van der Waals surface area (Å²) in [7, 11) is 1.65. The van der Waals surface area contributed by atoms with E-state index >= 15 is 0 Å². The van der Waals surface area contributed by atoms with Gasteiger partial charge in [-0.25, -0.2) is 4.99 Å². The molecule has 198 valence electrons. The maximum atomic E-state index is 14.0. The summed E-state index contributed by atoms with van der Waals surface area (Å²) in [5.41, 5.74) is 6.14. The highest BCUT2D eigenvalue weighted by molar-refractivity contribution is 7.07. The number of fused-ring (bicyclic) bond motifs is 3. The number of furan rings is 1. The molecule has 3 aromatic carbocycles. The quantitative estimate of drug-likeness (QED) is 0.231. The Morgan fingerprint density at radius 3 is 2.65 bits per heavy atom. The molecule has 2 aliphatic rings. The summed E-state index contributed by atoms with van der Waals surface area (Å²) in [6, 6.07) is 25.0. The normalized spacial score (nSPS) is 16.3. The average Bonchev–Trinajstić information content (AvgIpc) is 3.57. The molecule has 2 aromatic heterocycles. The van der Waals surface area contributed by atoms with Crippen molar-refractivity contribution in [3.05, 3.63) is 137 Å². The van der Waals surface area contributed by atoms with Gasteiger partial charge < -0.3 is 9.15 Å². The van der Waals surface area contributed by atoms with Crippen LogP contribution < -0.4 is 19.6 Å². The fourth-order valence-corrected chi connectivity index (χ4v) is 6.86. The predicted octanol–water partition coefficient (Wildman–Crippen LogP) is 6.89. The van der Waals surface area contributed by atoms with Crippen LogP contribution in [0.2, 0.25) is 10.0 Å². The molecule has 8 heteroatoms. The lowest BCUT2D eigenvalue weighted by Crippen LogP contribution is -2.38. The molecule has 0 saturated carbocycles. The van der Waals surface area contributed by atoms with Crippen LogP contribution in [0.3, 0.4) is 0 Å². The van der Waals surface area contributed by atoms with Crippen LogP contribution in [0.15, 0.2) is 98.6 Å². The Bertz CT molecular complexity index is 2000. The van der Waals surface area contributed by atoms with Crippen LogP contribution in [0.25, 0.3) is 23.1 Å². The summed E-state index contributed by atoms with van der Waals surface area (Å²) in [6.07, 6.45) is 3.51. The summed E-state index contributed by atoms with van der Waals surface area (Å²) >= 11 is 13.9. The van der Waals surface area contributed by atoms with Crippen LogP contribution in [0, 0.1) is 0 Å². The Labute approximate surface area is 243 Å². The van der Waals surface area contributed by atoms with E-state index in [-0.39, 0.29) is 11.6 Å². The first-order valence-electron chi connectivity index (χ1n) is 12.8. The highest BCUT2D eigenvalue weighted by Gasteiger charge is 2.32. The summed E-state index contributed by atoms with van der Waals surface area (Å²) < 4.78 is 13.8. The molecule has 1 atom stereocenters. The largest absolute Gasteiger partial charge is 0.497 e. The van der Waals surface area contributed by atoms with Gasteiger partial charge in [-0.15, -0.1) is 0 Å². The first-order valence-corrected chi connectivity index (χ1v) is 14.4. The molecule has 0 bridgehead atoms. The van der Waals surface area contributed by atoms with Crippen molar-refractivity contribution in [1.29, 1.82) is 0 Å². The molecule has 0 saturated heterocycles. The van der Waals surface area contributed by atoms with Gasteiger partial charge in [-0.1, -0.05) is 70.9 Å². The lowest BCUT2D eigenvalue weighted by atomic mass is 9.83. The molecule has 3 heterocycles. The second-order valence-corrected chi connectivity index (χ2v) is 11.6. The molecular formula is C32H22Cl2N2O3S. The van der Waals surface area contributed by atoms with Gasteiger partial charge in [0.2, 0.25) is 0 Å². The number of hydrogen-bond acceptors (Lipinski definition) is 5. The van der Waals surface area contributed by atoms with Crippen molar-refractivity contribution in [3.63, 3.8) is 0 Å². The molecule has 40 heavy (non-hydrogen) atoms. The molecule has 0 spiro atoms. The molecule has 0 radical (unpaired) electrons. The van der Waals surface area contributed by atoms with Crippen molar-refractivity contribution >= 4 is 46.3 Å². The molecule has 1 aliphatic heterocycles. The zero-order valence-electron chi connectivity index (χ0n) is 21.4. The fraction of sp³-hybridized carbons (Fsp3) is 0.125.